The molecule has 1 aromatic rings. The van der Waals surface area contributed by atoms with Crippen LogP contribution < -0.4 is 0 Å². The Morgan fingerprint density at radius 3 is 2.41 bits per heavy atom. The zero-order valence-corrected chi connectivity index (χ0v) is 25.4. The first-order valence-electron chi connectivity index (χ1n) is 14.4. The van der Waals surface area contributed by atoms with Crippen LogP contribution in [0.2, 0.25) is 0 Å². The second-order valence-corrected chi connectivity index (χ2v) is 11.2. The van der Waals surface area contributed by atoms with Gasteiger partial charge in [0.05, 0.1) is 19.1 Å². The maximum atomic E-state index is 15.2. The molecule has 2 N–H and O–H groups in total. The van der Waals surface area contributed by atoms with Gasteiger partial charge < -0.3 is 24.5 Å². The molecule has 5 atom stereocenters. The minimum absolute atomic E-state index is 0.161. The number of carbonyl (C=O) groups is 3. The third-order valence-corrected chi connectivity index (χ3v) is 8.03. The summed E-state index contributed by atoms with van der Waals surface area (Å²) in [6.45, 7) is 8.49. The second-order valence-electron chi connectivity index (χ2n) is 11.2. The second kappa shape index (κ2) is 16.2. The molecule has 44 heavy (non-hydrogen) atoms. The molecular weight excluding hydrogens is 584 g/mol. The maximum absolute atomic E-state index is 15.2. The molecule has 2 rings (SSSR count). The third-order valence-electron chi connectivity index (χ3n) is 8.03. The van der Waals surface area contributed by atoms with Crippen LogP contribution in [0.25, 0.3) is 0 Å². The van der Waals surface area contributed by atoms with Gasteiger partial charge in [0.15, 0.2) is 0 Å². The number of phenols is 1. The summed E-state index contributed by atoms with van der Waals surface area (Å²) in [7, 11) is 0. The van der Waals surface area contributed by atoms with Crippen LogP contribution in [0.1, 0.15) is 88.3 Å². The van der Waals surface area contributed by atoms with Crippen LogP contribution in [0.5, 0.6) is 5.75 Å². The molecule has 0 saturated heterocycles. The maximum Gasteiger partial charge on any atom is 0.377 e. The number of carboxylic acids is 1. The molecule has 1 aromatic carbocycles. The highest BCUT2D eigenvalue weighted by Crippen LogP contribution is 2.48. The number of hydrogen-bond donors (Lipinski definition) is 2. The molecule has 1 aliphatic rings. The number of aliphatic carboxylic acids is 1. The fourth-order valence-corrected chi connectivity index (χ4v) is 5.43. The smallest absolute Gasteiger partial charge is 0.377 e. The van der Waals surface area contributed by atoms with E-state index in [1.807, 2.05) is 12.2 Å². The van der Waals surface area contributed by atoms with E-state index in [4.69, 9.17) is 4.74 Å². The molecule has 0 radical (unpaired) electrons. The molecule has 0 heterocycles. The molecule has 0 amide bonds. The predicted octanol–water partition coefficient (Wildman–Crippen LogP) is 6.08. The van der Waals surface area contributed by atoms with Gasteiger partial charge in [-0.15, -0.1) is 10.1 Å². The summed E-state index contributed by atoms with van der Waals surface area (Å²) in [6.07, 6.45) is 5.34. The molecule has 0 bridgehead atoms. The Bertz CT molecular complexity index is 1250. The summed E-state index contributed by atoms with van der Waals surface area (Å²) >= 11 is 0. The number of esters is 2. The van der Waals surface area contributed by atoms with Crippen molar-refractivity contribution in [2.45, 2.75) is 84.2 Å². The van der Waals surface area contributed by atoms with Crippen molar-refractivity contribution in [1.29, 1.82) is 0 Å². The lowest BCUT2D eigenvalue weighted by molar-refractivity contribution is -0.757. The Hall–Kier alpha value is -4.03. The molecule has 13 heteroatoms. The van der Waals surface area contributed by atoms with Gasteiger partial charge in [-0.2, -0.15) is 8.78 Å². The number of aromatic hydroxyl groups is 1. The minimum Gasteiger partial charge on any atom is -0.507 e. The molecule has 1 aliphatic carbocycles. The lowest BCUT2D eigenvalue weighted by Crippen LogP contribution is -2.41. The summed E-state index contributed by atoms with van der Waals surface area (Å²) in [4.78, 5) is 50.8. The molecule has 3 unspecified atom stereocenters. The van der Waals surface area contributed by atoms with Gasteiger partial charge in [0.1, 0.15) is 12.4 Å². The highest BCUT2D eigenvalue weighted by Gasteiger charge is 2.49. The zero-order chi connectivity index (χ0) is 33.2. The van der Waals surface area contributed by atoms with Crippen molar-refractivity contribution in [1.82, 2.24) is 0 Å². The van der Waals surface area contributed by atoms with Crippen molar-refractivity contribution in [3.05, 3.63) is 63.2 Å². The van der Waals surface area contributed by atoms with E-state index >= 15 is 8.78 Å². The molecule has 0 spiro atoms. The summed E-state index contributed by atoms with van der Waals surface area (Å²) in [5.41, 5.74) is 1.78. The van der Waals surface area contributed by atoms with Gasteiger partial charge in [0.2, 0.25) is 0 Å². The molecule has 0 aromatic heterocycles. The van der Waals surface area contributed by atoms with E-state index < -0.39 is 72.2 Å². The largest absolute Gasteiger partial charge is 0.507 e. The van der Waals surface area contributed by atoms with Crippen LogP contribution in [0, 0.1) is 27.9 Å². The van der Waals surface area contributed by atoms with Crippen LogP contribution >= 0.6 is 0 Å². The summed E-state index contributed by atoms with van der Waals surface area (Å²) < 4.78 is 40.2. The van der Waals surface area contributed by atoms with Crippen LogP contribution in [-0.2, 0) is 35.3 Å². The van der Waals surface area contributed by atoms with Crippen molar-refractivity contribution >= 4 is 17.9 Å². The van der Waals surface area contributed by atoms with Gasteiger partial charge in [-0.1, -0.05) is 50.3 Å². The van der Waals surface area contributed by atoms with Gasteiger partial charge in [-0.3, -0.25) is 9.59 Å². The van der Waals surface area contributed by atoms with Crippen molar-refractivity contribution in [2.75, 3.05) is 13.2 Å². The fourth-order valence-electron chi connectivity index (χ4n) is 5.43. The SMILES string of the molecule is C=C(C)[C@@H](C)[C@H](c1ccc(COC(C)=O)c(O)c1C1C=CCCC1)C(CC(C)C(F)(F)C(=O)OCCCO[N+](=O)[O-])C(=O)O. The number of phenolic OH excluding ortho intramolecular Hbond substituents is 1. The number of hydrogen-bond acceptors (Lipinski definition) is 9. The van der Waals surface area contributed by atoms with Crippen molar-refractivity contribution in [3.63, 3.8) is 0 Å². The van der Waals surface area contributed by atoms with Crippen molar-refractivity contribution in [2.24, 2.45) is 17.8 Å². The molecule has 0 saturated carbocycles. The first-order chi connectivity index (χ1) is 20.6. The standard InChI is InChI=1S/C31H41F2NO10/c1-18(2)20(4)26(24-13-12-23(17-43-21(5)35)28(36)27(24)22-10-7-6-8-11-22)25(29(37)38)16-19(3)31(32,33)30(39)42-14-9-15-44-34(40)41/h7,10,12-13,19-20,22,25-26,36H,1,6,8-9,11,14-17H2,2-5H3,(H,37,38)/t19?,20-,22?,25?,26-/m1/s1. The van der Waals surface area contributed by atoms with Gasteiger partial charge in [0.25, 0.3) is 5.09 Å². The van der Waals surface area contributed by atoms with Gasteiger partial charge in [-0.05, 0) is 44.1 Å². The molecule has 0 fully saturated rings. The number of carboxylic acid groups (broad SMARTS) is 1. The average Bonchev–Trinajstić information content (AvgIpc) is 2.95. The van der Waals surface area contributed by atoms with E-state index in [9.17, 15) is 34.7 Å². The van der Waals surface area contributed by atoms with E-state index in [-0.39, 0.29) is 24.7 Å². The van der Waals surface area contributed by atoms with Gasteiger partial charge in [0, 0.05) is 42.2 Å². The Labute approximate surface area is 255 Å². The van der Waals surface area contributed by atoms with Crippen LogP contribution in [0.4, 0.5) is 8.78 Å². The monoisotopic (exact) mass is 625 g/mol. The normalized spacial score (nSPS) is 17.5. The summed E-state index contributed by atoms with van der Waals surface area (Å²) in [5, 5.41) is 31.0. The van der Waals surface area contributed by atoms with Crippen molar-refractivity contribution < 1.29 is 52.8 Å². The quantitative estimate of drug-likeness (QED) is 0.0682. The zero-order valence-electron chi connectivity index (χ0n) is 25.4. The predicted molar refractivity (Wildman–Crippen MR) is 154 cm³/mol. The molecular formula is C31H41F2NO10. The Balaban J connectivity index is 2.52. The Morgan fingerprint density at radius 1 is 1.18 bits per heavy atom. The summed E-state index contributed by atoms with van der Waals surface area (Å²) in [5.74, 6) is -13.0. The first kappa shape index (κ1) is 36.2. The minimum atomic E-state index is -4.07. The summed E-state index contributed by atoms with van der Waals surface area (Å²) in [6, 6.07) is 3.17. The fraction of sp³-hybridized carbons (Fsp3) is 0.581. The molecule has 244 valence electrons. The number of nitrogens with zero attached hydrogens (tertiary/aromatic N) is 1. The van der Waals surface area contributed by atoms with Gasteiger partial charge >= 0.3 is 23.8 Å². The van der Waals surface area contributed by atoms with Crippen molar-refractivity contribution in [3.8, 4) is 5.75 Å². The Kier molecular flexibility index (Phi) is 13.3. The van der Waals surface area contributed by atoms with E-state index in [2.05, 4.69) is 16.2 Å². The highest BCUT2D eigenvalue weighted by atomic mass is 19.3. The lowest BCUT2D eigenvalue weighted by Gasteiger charge is -2.36. The van der Waals surface area contributed by atoms with Crippen LogP contribution in [0.3, 0.4) is 0 Å². The van der Waals surface area contributed by atoms with E-state index in [0.29, 0.717) is 28.7 Å². The third kappa shape index (κ3) is 9.48. The van der Waals surface area contributed by atoms with Crippen LogP contribution in [0.15, 0.2) is 36.4 Å². The number of allylic oxidation sites excluding steroid dienone is 3. The van der Waals surface area contributed by atoms with E-state index in [1.165, 1.54) is 13.0 Å². The average molecular weight is 626 g/mol. The topological polar surface area (TPSA) is 162 Å². The number of alkyl halides is 2. The molecule has 11 nitrogen and oxygen atoms in total. The van der Waals surface area contributed by atoms with E-state index in [1.54, 1.807) is 19.9 Å². The lowest BCUT2D eigenvalue weighted by atomic mass is 9.68. The van der Waals surface area contributed by atoms with Crippen LogP contribution in [-0.4, -0.2) is 52.3 Å². The number of halogens is 2. The van der Waals surface area contributed by atoms with E-state index in [0.717, 1.165) is 19.8 Å². The number of rotatable bonds is 17. The number of ether oxygens (including phenoxy) is 2. The Morgan fingerprint density at radius 2 is 1.86 bits per heavy atom. The number of carbonyl (C=O) groups excluding carboxylic acids is 2. The molecule has 0 aliphatic heterocycles. The van der Waals surface area contributed by atoms with Gasteiger partial charge in [-0.25, -0.2) is 4.79 Å². The first-order valence-corrected chi connectivity index (χ1v) is 14.4. The number of benzene rings is 1. The highest BCUT2D eigenvalue weighted by molar-refractivity contribution is 5.78.